The number of rotatable bonds is 6. The Bertz CT molecular complexity index is 1020. The second-order valence-electron chi connectivity index (χ2n) is 9.77. The van der Waals surface area contributed by atoms with Crippen molar-refractivity contribution in [3.05, 3.63) is 53.0 Å². The van der Waals surface area contributed by atoms with Crippen LogP contribution in [0.1, 0.15) is 80.1 Å². The molecule has 2 aliphatic heterocycles. The summed E-state index contributed by atoms with van der Waals surface area (Å²) in [5.74, 6) is 2.09. The topological polar surface area (TPSA) is 66.4 Å². The molecule has 3 heterocycles. The first kappa shape index (κ1) is 22.1. The van der Waals surface area contributed by atoms with Gasteiger partial charge in [-0.1, -0.05) is 43.2 Å². The van der Waals surface area contributed by atoms with Crippen LogP contribution in [0.5, 0.6) is 0 Å². The van der Waals surface area contributed by atoms with Gasteiger partial charge in [0.05, 0.1) is 6.04 Å². The fraction of sp³-hybridized carbons (Fsp3) is 0.556. The Kier molecular flexibility index (Phi) is 6.43. The third-order valence-corrected chi connectivity index (χ3v) is 7.58. The van der Waals surface area contributed by atoms with Gasteiger partial charge in [0.1, 0.15) is 5.82 Å². The highest BCUT2D eigenvalue weighted by molar-refractivity contribution is 5.95. The predicted octanol–water partition coefficient (Wildman–Crippen LogP) is 4.55. The highest BCUT2D eigenvalue weighted by atomic mass is 16.2. The number of hydrogen-bond donors (Lipinski definition) is 0. The average molecular weight is 447 g/mol. The first-order valence-electron chi connectivity index (χ1n) is 12.6. The SMILES string of the molecule is Cc1nc([C@@H]2CCCN2C(=O)C2CCCC2)nc2c1CCC(=O)N2CCCc1ccccc1. The van der Waals surface area contributed by atoms with Crippen molar-refractivity contribution >= 4 is 17.6 Å². The molecule has 5 rings (SSSR count). The van der Waals surface area contributed by atoms with Crippen LogP contribution in [0.3, 0.4) is 0 Å². The van der Waals surface area contributed by atoms with Crippen molar-refractivity contribution in [2.45, 2.75) is 77.2 Å². The summed E-state index contributed by atoms with van der Waals surface area (Å²) in [6.07, 6.45) is 9.26. The van der Waals surface area contributed by atoms with Crippen LogP contribution >= 0.6 is 0 Å². The zero-order chi connectivity index (χ0) is 22.8. The van der Waals surface area contributed by atoms with Crippen LogP contribution in [0, 0.1) is 12.8 Å². The van der Waals surface area contributed by atoms with E-state index in [1.165, 1.54) is 5.56 Å². The monoisotopic (exact) mass is 446 g/mol. The van der Waals surface area contributed by atoms with E-state index < -0.39 is 0 Å². The minimum atomic E-state index is -0.0645. The van der Waals surface area contributed by atoms with E-state index in [-0.39, 0.29) is 23.8 Å². The summed E-state index contributed by atoms with van der Waals surface area (Å²) >= 11 is 0. The summed E-state index contributed by atoms with van der Waals surface area (Å²) in [6.45, 7) is 3.48. The van der Waals surface area contributed by atoms with Crippen molar-refractivity contribution in [1.82, 2.24) is 14.9 Å². The Morgan fingerprint density at radius 3 is 2.61 bits per heavy atom. The molecule has 33 heavy (non-hydrogen) atoms. The second-order valence-corrected chi connectivity index (χ2v) is 9.77. The number of benzene rings is 1. The first-order valence-corrected chi connectivity index (χ1v) is 12.6. The molecule has 1 aromatic heterocycles. The summed E-state index contributed by atoms with van der Waals surface area (Å²) in [5, 5.41) is 0. The zero-order valence-corrected chi connectivity index (χ0v) is 19.6. The van der Waals surface area contributed by atoms with E-state index in [1.807, 2.05) is 22.8 Å². The molecule has 1 saturated carbocycles. The standard InChI is InChI=1S/C27H34N4O2/c1-19-22-15-16-24(32)31(18-7-11-20-9-3-2-4-10-20)26(22)29-25(28-19)23-14-8-17-30(23)27(33)21-12-5-6-13-21/h2-4,9-10,21,23H,5-8,11-18H2,1H3/t23-/m0/s1. The summed E-state index contributed by atoms with van der Waals surface area (Å²) < 4.78 is 0. The molecule has 2 amide bonds. The Labute approximate surface area is 196 Å². The van der Waals surface area contributed by atoms with Crippen molar-refractivity contribution < 1.29 is 9.59 Å². The molecule has 2 fully saturated rings. The Balaban J connectivity index is 1.37. The van der Waals surface area contributed by atoms with Gasteiger partial charge in [-0.15, -0.1) is 0 Å². The van der Waals surface area contributed by atoms with Gasteiger partial charge < -0.3 is 4.90 Å². The molecular weight excluding hydrogens is 412 g/mol. The average Bonchev–Trinajstić information content (AvgIpc) is 3.53. The van der Waals surface area contributed by atoms with Crippen LogP contribution < -0.4 is 4.90 Å². The van der Waals surface area contributed by atoms with Crippen molar-refractivity contribution in [2.24, 2.45) is 5.92 Å². The van der Waals surface area contributed by atoms with Gasteiger partial charge in [0.2, 0.25) is 11.8 Å². The molecule has 6 nitrogen and oxygen atoms in total. The molecule has 3 aliphatic rings. The molecule has 1 aromatic carbocycles. The lowest BCUT2D eigenvalue weighted by Crippen LogP contribution is -2.39. The minimum absolute atomic E-state index is 0.0645. The van der Waals surface area contributed by atoms with Crippen molar-refractivity contribution in [1.29, 1.82) is 0 Å². The smallest absolute Gasteiger partial charge is 0.228 e. The maximum absolute atomic E-state index is 13.2. The van der Waals surface area contributed by atoms with Crippen molar-refractivity contribution in [3.8, 4) is 0 Å². The molecule has 1 aliphatic carbocycles. The molecular formula is C27H34N4O2. The lowest BCUT2D eigenvalue weighted by molar-refractivity contribution is -0.136. The lowest BCUT2D eigenvalue weighted by atomic mass is 10.0. The van der Waals surface area contributed by atoms with Gasteiger partial charge in [-0.3, -0.25) is 14.5 Å². The van der Waals surface area contributed by atoms with Gasteiger partial charge in [-0.25, -0.2) is 9.97 Å². The maximum Gasteiger partial charge on any atom is 0.228 e. The Morgan fingerprint density at radius 2 is 1.82 bits per heavy atom. The summed E-state index contributed by atoms with van der Waals surface area (Å²) in [4.78, 5) is 39.8. The normalized spacial score (nSPS) is 21.0. The largest absolute Gasteiger partial charge is 0.332 e. The maximum atomic E-state index is 13.2. The number of carbonyl (C=O) groups is 2. The summed E-state index contributed by atoms with van der Waals surface area (Å²) in [6, 6.07) is 10.3. The van der Waals surface area contributed by atoms with E-state index in [9.17, 15) is 9.59 Å². The van der Waals surface area contributed by atoms with Crippen molar-refractivity contribution in [3.63, 3.8) is 0 Å². The summed E-state index contributed by atoms with van der Waals surface area (Å²) in [5.41, 5.74) is 3.33. The van der Waals surface area contributed by atoms with E-state index in [0.717, 1.165) is 80.8 Å². The van der Waals surface area contributed by atoms with E-state index >= 15 is 0 Å². The second kappa shape index (κ2) is 9.62. The van der Waals surface area contributed by atoms with E-state index in [4.69, 9.17) is 9.97 Å². The van der Waals surface area contributed by atoms with Gasteiger partial charge >= 0.3 is 0 Å². The number of aromatic nitrogens is 2. The Morgan fingerprint density at radius 1 is 1.03 bits per heavy atom. The molecule has 2 aromatic rings. The summed E-state index contributed by atoms with van der Waals surface area (Å²) in [7, 11) is 0. The molecule has 0 bridgehead atoms. The first-order chi connectivity index (χ1) is 16.1. The molecule has 0 spiro atoms. The number of likely N-dealkylation sites (tertiary alicyclic amines) is 1. The molecule has 1 atom stereocenters. The molecule has 174 valence electrons. The van der Waals surface area contributed by atoms with E-state index in [1.54, 1.807) is 0 Å². The van der Waals surface area contributed by atoms with E-state index in [0.29, 0.717) is 19.4 Å². The van der Waals surface area contributed by atoms with Crippen LogP contribution in [0.2, 0.25) is 0 Å². The van der Waals surface area contributed by atoms with Crippen LogP contribution in [0.15, 0.2) is 30.3 Å². The predicted molar refractivity (Wildman–Crippen MR) is 128 cm³/mol. The third kappa shape index (κ3) is 4.53. The van der Waals surface area contributed by atoms with Crippen LogP contribution in [0.4, 0.5) is 5.82 Å². The molecule has 0 unspecified atom stereocenters. The van der Waals surface area contributed by atoms with Gasteiger partial charge in [0.25, 0.3) is 0 Å². The number of hydrogen-bond acceptors (Lipinski definition) is 4. The molecule has 0 N–H and O–H groups in total. The number of anilines is 1. The van der Waals surface area contributed by atoms with E-state index in [2.05, 4.69) is 24.3 Å². The lowest BCUT2D eigenvalue weighted by Gasteiger charge is -2.31. The molecule has 1 saturated heterocycles. The van der Waals surface area contributed by atoms with Gasteiger partial charge in [-0.2, -0.15) is 0 Å². The quantitative estimate of drug-likeness (QED) is 0.653. The van der Waals surface area contributed by atoms with Crippen LogP contribution in [0.25, 0.3) is 0 Å². The zero-order valence-electron chi connectivity index (χ0n) is 19.6. The minimum Gasteiger partial charge on any atom is -0.332 e. The highest BCUT2D eigenvalue weighted by Crippen LogP contribution is 2.37. The molecule has 0 radical (unpaired) electrons. The Hall–Kier alpha value is -2.76. The number of fused-ring (bicyclic) bond motifs is 1. The fourth-order valence-electron chi connectivity index (χ4n) is 5.77. The number of amides is 2. The van der Waals surface area contributed by atoms with Gasteiger partial charge in [-0.05, 0) is 57.4 Å². The van der Waals surface area contributed by atoms with Crippen LogP contribution in [-0.2, 0) is 22.4 Å². The van der Waals surface area contributed by atoms with Gasteiger partial charge in [0.15, 0.2) is 5.82 Å². The number of aryl methyl sites for hydroxylation is 2. The van der Waals surface area contributed by atoms with Gasteiger partial charge in [0, 0.05) is 36.7 Å². The number of carbonyl (C=O) groups excluding carboxylic acids is 2. The third-order valence-electron chi connectivity index (χ3n) is 7.58. The molecule has 6 heteroatoms. The fourth-order valence-corrected chi connectivity index (χ4v) is 5.77. The van der Waals surface area contributed by atoms with Crippen LogP contribution in [-0.4, -0.2) is 39.8 Å². The highest BCUT2D eigenvalue weighted by Gasteiger charge is 2.38. The number of nitrogens with zero attached hydrogens (tertiary/aromatic N) is 4. The van der Waals surface area contributed by atoms with Crippen molar-refractivity contribution in [2.75, 3.05) is 18.0 Å².